The van der Waals surface area contributed by atoms with Gasteiger partial charge in [-0.15, -0.1) is 0 Å². The van der Waals surface area contributed by atoms with E-state index in [0.29, 0.717) is 6.04 Å². The standard InChI is InChI=1S/C16H24FN/c1-3-15(10-12-8-9-12)18-16(4-2)13-6-5-7-14(17)11-13/h5-7,11-12,15-16,18H,3-4,8-10H2,1-2H3. The average Bonchev–Trinajstić information content (AvgIpc) is 3.18. The molecular formula is C16H24FN. The summed E-state index contributed by atoms with van der Waals surface area (Å²) >= 11 is 0. The van der Waals surface area contributed by atoms with Crippen LogP contribution in [0, 0.1) is 11.7 Å². The largest absolute Gasteiger partial charge is 0.307 e. The summed E-state index contributed by atoms with van der Waals surface area (Å²) in [7, 11) is 0. The summed E-state index contributed by atoms with van der Waals surface area (Å²) in [6.45, 7) is 4.39. The van der Waals surface area contributed by atoms with Crippen molar-refractivity contribution >= 4 is 0 Å². The zero-order chi connectivity index (χ0) is 13.0. The highest BCUT2D eigenvalue weighted by Gasteiger charge is 2.25. The molecule has 0 heterocycles. The van der Waals surface area contributed by atoms with Crippen molar-refractivity contribution in [2.75, 3.05) is 0 Å². The van der Waals surface area contributed by atoms with Gasteiger partial charge in [-0.1, -0.05) is 38.8 Å². The quantitative estimate of drug-likeness (QED) is 0.753. The van der Waals surface area contributed by atoms with Crippen LogP contribution >= 0.6 is 0 Å². The van der Waals surface area contributed by atoms with Crippen molar-refractivity contribution in [3.8, 4) is 0 Å². The minimum atomic E-state index is -0.136. The molecule has 2 atom stereocenters. The molecule has 1 fully saturated rings. The van der Waals surface area contributed by atoms with Gasteiger partial charge in [0.05, 0.1) is 0 Å². The third kappa shape index (κ3) is 3.81. The maximum Gasteiger partial charge on any atom is 0.123 e. The van der Waals surface area contributed by atoms with Gasteiger partial charge in [0, 0.05) is 12.1 Å². The molecule has 0 amide bonds. The van der Waals surface area contributed by atoms with Gasteiger partial charge in [0.25, 0.3) is 0 Å². The van der Waals surface area contributed by atoms with Crippen LogP contribution in [0.3, 0.4) is 0 Å². The van der Waals surface area contributed by atoms with Crippen LogP contribution < -0.4 is 5.32 Å². The van der Waals surface area contributed by atoms with Crippen molar-refractivity contribution in [3.05, 3.63) is 35.6 Å². The minimum Gasteiger partial charge on any atom is -0.307 e. The fourth-order valence-corrected chi connectivity index (χ4v) is 2.57. The summed E-state index contributed by atoms with van der Waals surface area (Å²) in [4.78, 5) is 0. The second-order valence-electron chi connectivity index (χ2n) is 5.47. The predicted molar refractivity (Wildman–Crippen MR) is 74.0 cm³/mol. The third-order valence-electron chi connectivity index (χ3n) is 3.90. The summed E-state index contributed by atoms with van der Waals surface area (Å²) in [5.74, 6) is 0.801. The first-order chi connectivity index (χ1) is 8.72. The Kier molecular flexibility index (Phi) is 4.76. The van der Waals surface area contributed by atoms with E-state index >= 15 is 0 Å². The van der Waals surface area contributed by atoms with Crippen molar-refractivity contribution in [1.82, 2.24) is 5.32 Å². The van der Waals surface area contributed by atoms with Gasteiger partial charge in [0.2, 0.25) is 0 Å². The van der Waals surface area contributed by atoms with Gasteiger partial charge >= 0.3 is 0 Å². The van der Waals surface area contributed by atoms with Crippen LogP contribution in [0.25, 0.3) is 0 Å². The molecule has 1 N–H and O–H groups in total. The molecule has 1 aromatic rings. The van der Waals surface area contributed by atoms with E-state index in [9.17, 15) is 4.39 Å². The molecule has 0 saturated heterocycles. The first kappa shape index (κ1) is 13.5. The van der Waals surface area contributed by atoms with Crippen LogP contribution in [0.4, 0.5) is 4.39 Å². The number of hydrogen-bond donors (Lipinski definition) is 1. The number of nitrogens with one attached hydrogen (secondary N) is 1. The van der Waals surface area contributed by atoms with E-state index in [-0.39, 0.29) is 11.9 Å². The first-order valence-electron chi connectivity index (χ1n) is 7.24. The van der Waals surface area contributed by atoms with Gasteiger partial charge < -0.3 is 5.32 Å². The molecule has 0 spiro atoms. The number of rotatable bonds is 7. The van der Waals surface area contributed by atoms with Crippen LogP contribution in [-0.2, 0) is 0 Å². The lowest BCUT2D eigenvalue weighted by atomic mass is 10.0. The molecule has 100 valence electrons. The molecule has 1 aromatic carbocycles. The summed E-state index contributed by atoms with van der Waals surface area (Å²) in [5.41, 5.74) is 1.08. The summed E-state index contributed by atoms with van der Waals surface area (Å²) < 4.78 is 13.3. The monoisotopic (exact) mass is 249 g/mol. The molecule has 0 radical (unpaired) electrons. The molecule has 18 heavy (non-hydrogen) atoms. The van der Waals surface area contributed by atoms with E-state index in [2.05, 4.69) is 19.2 Å². The first-order valence-corrected chi connectivity index (χ1v) is 7.24. The second-order valence-corrected chi connectivity index (χ2v) is 5.47. The zero-order valence-corrected chi connectivity index (χ0v) is 11.5. The molecule has 1 nitrogen and oxygen atoms in total. The van der Waals surface area contributed by atoms with Crippen LogP contribution in [0.5, 0.6) is 0 Å². The molecule has 2 heteroatoms. The Morgan fingerprint density at radius 3 is 2.61 bits per heavy atom. The van der Waals surface area contributed by atoms with Gasteiger partial charge in [-0.3, -0.25) is 0 Å². The highest BCUT2D eigenvalue weighted by molar-refractivity contribution is 5.20. The normalized spacial score (nSPS) is 18.6. The number of halogens is 1. The van der Waals surface area contributed by atoms with Gasteiger partial charge in [-0.05, 0) is 42.9 Å². The van der Waals surface area contributed by atoms with E-state index in [1.165, 1.54) is 25.3 Å². The topological polar surface area (TPSA) is 12.0 Å². The van der Waals surface area contributed by atoms with E-state index < -0.39 is 0 Å². The highest BCUT2D eigenvalue weighted by atomic mass is 19.1. The fourth-order valence-electron chi connectivity index (χ4n) is 2.57. The lowest BCUT2D eigenvalue weighted by Crippen LogP contribution is -2.32. The maximum atomic E-state index is 13.3. The van der Waals surface area contributed by atoms with E-state index in [1.54, 1.807) is 12.1 Å². The lowest BCUT2D eigenvalue weighted by molar-refractivity contribution is 0.383. The highest BCUT2D eigenvalue weighted by Crippen LogP contribution is 2.34. The van der Waals surface area contributed by atoms with Crippen LogP contribution in [0.15, 0.2) is 24.3 Å². The smallest absolute Gasteiger partial charge is 0.123 e. The van der Waals surface area contributed by atoms with Crippen molar-refractivity contribution in [2.24, 2.45) is 5.92 Å². The Bertz CT molecular complexity index is 373. The van der Waals surface area contributed by atoms with Crippen LogP contribution in [-0.4, -0.2) is 6.04 Å². The second kappa shape index (κ2) is 6.33. The Labute approximate surface area is 110 Å². The number of hydrogen-bond acceptors (Lipinski definition) is 1. The predicted octanol–water partition coefficient (Wildman–Crippen LogP) is 4.45. The molecule has 2 unspecified atom stereocenters. The Morgan fingerprint density at radius 2 is 2.06 bits per heavy atom. The zero-order valence-electron chi connectivity index (χ0n) is 11.5. The number of benzene rings is 1. The molecule has 1 aliphatic rings. The molecule has 0 aliphatic heterocycles. The average molecular weight is 249 g/mol. The Hall–Kier alpha value is -0.890. The van der Waals surface area contributed by atoms with Crippen molar-refractivity contribution < 1.29 is 4.39 Å². The van der Waals surface area contributed by atoms with E-state index in [0.717, 1.165) is 24.3 Å². The Balaban J connectivity index is 1.98. The van der Waals surface area contributed by atoms with Gasteiger partial charge in [-0.2, -0.15) is 0 Å². The minimum absolute atomic E-state index is 0.136. The molecule has 1 aliphatic carbocycles. The molecule has 1 saturated carbocycles. The molecule has 0 bridgehead atoms. The lowest BCUT2D eigenvalue weighted by Gasteiger charge is -2.24. The molecular weight excluding hydrogens is 225 g/mol. The van der Waals surface area contributed by atoms with Gasteiger partial charge in [-0.25, -0.2) is 4.39 Å². The van der Waals surface area contributed by atoms with Crippen molar-refractivity contribution in [1.29, 1.82) is 0 Å². The van der Waals surface area contributed by atoms with E-state index in [1.807, 2.05) is 6.07 Å². The molecule has 0 aromatic heterocycles. The van der Waals surface area contributed by atoms with Gasteiger partial charge in [0.15, 0.2) is 0 Å². The summed E-state index contributed by atoms with van der Waals surface area (Å²) in [6, 6.07) is 7.85. The fraction of sp³-hybridized carbons (Fsp3) is 0.625. The van der Waals surface area contributed by atoms with Crippen molar-refractivity contribution in [3.63, 3.8) is 0 Å². The SMILES string of the molecule is CCC(CC1CC1)NC(CC)c1cccc(F)c1. The molecule has 2 rings (SSSR count). The summed E-state index contributed by atoms with van der Waals surface area (Å²) in [6.07, 6.45) is 6.24. The summed E-state index contributed by atoms with van der Waals surface area (Å²) in [5, 5.41) is 3.70. The van der Waals surface area contributed by atoms with Gasteiger partial charge in [0.1, 0.15) is 5.82 Å². The van der Waals surface area contributed by atoms with Crippen LogP contribution in [0.2, 0.25) is 0 Å². The third-order valence-corrected chi connectivity index (χ3v) is 3.90. The maximum absolute atomic E-state index is 13.3. The van der Waals surface area contributed by atoms with Crippen LogP contribution in [0.1, 0.15) is 57.6 Å². The van der Waals surface area contributed by atoms with Crippen molar-refractivity contribution in [2.45, 2.75) is 58.0 Å². The van der Waals surface area contributed by atoms with E-state index in [4.69, 9.17) is 0 Å². The Morgan fingerprint density at radius 1 is 1.28 bits per heavy atom.